The van der Waals surface area contributed by atoms with Gasteiger partial charge in [-0.15, -0.1) is 0 Å². The Kier molecular flexibility index (Phi) is 2.02. The lowest BCUT2D eigenvalue weighted by Gasteiger charge is -1.95. The summed E-state index contributed by atoms with van der Waals surface area (Å²) in [4.78, 5) is 3.23. The molecule has 0 aliphatic carbocycles. The average Bonchev–Trinajstić information content (AvgIpc) is 1.98. The highest BCUT2D eigenvalue weighted by molar-refractivity contribution is 5.25. The number of aromatic hydroxyl groups is 1. The summed E-state index contributed by atoms with van der Waals surface area (Å²) in [5.41, 5.74) is 0.506. The van der Waals surface area contributed by atoms with Gasteiger partial charge in [-0.25, -0.2) is 4.98 Å². The third-order valence-corrected chi connectivity index (χ3v) is 1.16. The van der Waals surface area contributed by atoms with Crippen LogP contribution in [0, 0.1) is 17.3 Å². The quantitative estimate of drug-likeness (QED) is 0.610. The molecule has 0 spiro atoms. The van der Waals surface area contributed by atoms with Gasteiger partial charge in [-0.3, -0.25) is 0 Å². The molecule has 0 radical (unpaired) electrons. The van der Waals surface area contributed by atoms with Crippen LogP contribution in [0.3, 0.4) is 0 Å². The van der Waals surface area contributed by atoms with Crippen LogP contribution >= 0.6 is 0 Å². The second-order valence-electron chi connectivity index (χ2n) is 1.99. The fourth-order valence-electron chi connectivity index (χ4n) is 0.666. The van der Waals surface area contributed by atoms with Crippen LogP contribution < -0.4 is 0 Å². The van der Waals surface area contributed by atoms with E-state index in [-0.39, 0.29) is 6.42 Å². The highest BCUT2D eigenvalue weighted by Crippen LogP contribution is 2.13. The summed E-state index contributed by atoms with van der Waals surface area (Å²) < 4.78 is 12.3. The summed E-state index contributed by atoms with van der Waals surface area (Å²) >= 11 is 0. The maximum atomic E-state index is 12.3. The molecule has 56 valence electrons. The maximum Gasteiger partial charge on any atom is 0.254 e. The van der Waals surface area contributed by atoms with Gasteiger partial charge in [0.1, 0.15) is 0 Å². The van der Waals surface area contributed by atoms with Crippen LogP contribution in [0.2, 0.25) is 0 Å². The molecule has 0 saturated heterocycles. The van der Waals surface area contributed by atoms with Crippen LogP contribution in [0.5, 0.6) is 5.75 Å². The van der Waals surface area contributed by atoms with Gasteiger partial charge in [0.2, 0.25) is 0 Å². The van der Waals surface area contributed by atoms with Crippen LogP contribution in [-0.2, 0) is 6.42 Å². The van der Waals surface area contributed by atoms with Crippen molar-refractivity contribution in [1.82, 2.24) is 4.98 Å². The lowest BCUT2D eigenvalue weighted by Crippen LogP contribution is -1.87. The molecule has 0 fully saturated rings. The van der Waals surface area contributed by atoms with Crippen molar-refractivity contribution in [3.63, 3.8) is 0 Å². The second-order valence-corrected chi connectivity index (χ2v) is 1.99. The number of pyridine rings is 1. The monoisotopic (exact) mass is 152 g/mol. The molecule has 0 atom stereocenters. The maximum absolute atomic E-state index is 12.3. The molecular formula is C7H5FN2O. The summed E-state index contributed by atoms with van der Waals surface area (Å²) in [6.07, 6.45) is 1.35. The van der Waals surface area contributed by atoms with Crippen LogP contribution in [0.25, 0.3) is 0 Å². The molecule has 1 N–H and O–H groups in total. The zero-order chi connectivity index (χ0) is 8.27. The van der Waals surface area contributed by atoms with Crippen LogP contribution in [0.4, 0.5) is 4.39 Å². The standard InChI is InChI=1S/C7H5FN2O/c8-7-6(11)3-5(1-2-9)4-10-7/h3-4,11H,1H2. The molecule has 1 aromatic rings. The number of nitrogens with zero attached hydrogens (tertiary/aromatic N) is 2. The van der Waals surface area contributed by atoms with Gasteiger partial charge < -0.3 is 5.11 Å². The van der Waals surface area contributed by atoms with Crippen LogP contribution in [-0.4, -0.2) is 10.1 Å². The van der Waals surface area contributed by atoms with Gasteiger partial charge >= 0.3 is 0 Å². The number of rotatable bonds is 1. The first-order valence-corrected chi connectivity index (χ1v) is 2.94. The van der Waals surface area contributed by atoms with Crippen molar-refractivity contribution < 1.29 is 9.50 Å². The Bertz CT molecular complexity index is 306. The van der Waals surface area contributed by atoms with Crippen LogP contribution in [0.15, 0.2) is 12.3 Å². The van der Waals surface area contributed by atoms with Gasteiger partial charge in [-0.05, 0) is 11.6 Å². The lowest BCUT2D eigenvalue weighted by atomic mass is 10.2. The van der Waals surface area contributed by atoms with E-state index in [4.69, 9.17) is 10.4 Å². The van der Waals surface area contributed by atoms with Crippen molar-refractivity contribution in [2.75, 3.05) is 0 Å². The number of hydrogen-bond acceptors (Lipinski definition) is 3. The molecule has 1 heterocycles. The topological polar surface area (TPSA) is 56.9 Å². The molecule has 4 heteroatoms. The first kappa shape index (κ1) is 7.48. The Morgan fingerprint density at radius 1 is 1.73 bits per heavy atom. The first-order valence-electron chi connectivity index (χ1n) is 2.94. The molecule has 1 aromatic heterocycles. The largest absolute Gasteiger partial charge is 0.504 e. The Balaban J connectivity index is 2.98. The third-order valence-electron chi connectivity index (χ3n) is 1.16. The minimum atomic E-state index is -0.910. The van der Waals surface area contributed by atoms with E-state index in [0.29, 0.717) is 5.56 Å². The Labute approximate surface area is 62.7 Å². The molecule has 3 nitrogen and oxygen atoms in total. The van der Waals surface area contributed by atoms with Gasteiger partial charge in [-0.2, -0.15) is 9.65 Å². The van der Waals surface area contributed by atoms with Gasteiger partial charge in [0.15, 0.2) is 5.75 Å². The summed E-state index contributed by atoms with van der Waals surface area (Å²) in [5, 5.41) is 17.0. The predicted molar refractivity (Wildman–Crippen MR) is 35.2 cm³/mol. The first-order chi connectivity index (χ1) is 5.24. The van der Waals surface area contributed by atoms with Gasteiger partial charge in [0.25, 0.3) is 5.95 Å². The van der Waals surface area contributed by atoms with E-state index in [2.05, 4.69) is 4.98 Å². The smallest absolute Gasteiger partial charge is 0.254 e. The van der Waals surface area contributed by atoms with Gasteiger partial charge in [0, 0.05) is 6.20 Å². The van der Waals surface area contributed by atoms with Crippen molar-refractivity contribution >= 4 is 0 Å². The minimum Gasteiger partial charge on any atom is -0.504 e. The SMILES string of the molecule is N#CCc1cnc(F)c(O)c1. The van der Waals surface area contributed by atoms with E-state index in [9.17, 15) is 4.39 Å². The molecular weight excluding hydrogens is 147 g/mol. The van der Waals surface area contributed by atoms with E-state index in [0.717, 1.165) is 0 Å². The normalized spacial score (nSPS) is 9.09. The zero-order valence-corrected chi connectivity index (χ0v) is 5.58. The summed E-state index contributed by atoms with van der Waals surface area (Å²) in [6, 6.07) is 3.04. The Morgan fingerprint density at radius 2 is 2.45 bits per heavy atom. The van der Waals surface area contributed by atoms with Crippen molar-refractivity contribution in [1.29, 1.82) is 5.26 Å². The van der Waals surface area contributed by atoms with E-state index in [1.165, 1.54) is 12.3 Å². The van der Waals surface area contributed by atoms with Crippen molar-refractivity contribution in [2.24, 2.45) is 0 Å². The van der Waals surface area contributed by atoms with Crippen molar-refractivity contribution in [3.05, 3.63) is 23.8 Å². The zero-order valence-electron chi connectivity index (χ0n) is 5.58. The molecule has 11 heavy (non-hydrogen) atoms. The van der Waals surface area contributed by atoms with Crippen molar-refractivity contribution in [3.8, 4) is 11.8 Å². The molecule has 0 saturated carbocycles. The second kappa shape index (κ2) is 2.97. The summed E-state index contributed by atoms with van der Waals surface area (Å²) in [7, 11) is 0. The Hall–Kier alpha value is -1.63. The fourth-order valence-corrected chi connectivity index (χ4v) is 0.666. The molecule has 0 amide bonds. The number of nitriles is 1. The molecule has 0 bridgehead atoms. The molecule has 0 aliphatic rings. The average molecular weight is 152 g/mol. The van der Waals surface area contributed by atoms with E-state index in [1.807, 2.05) is 6.07 Å². The number of halogens is 1. The summed E-state index contributed by atoms with van der Waals surface area (Å²) in [6.45, 7) is 0. The summed E-state index contributed by atoms with van der Waals surface area (Å²) in [5.74, 6) is -1.43. The number of aromatic nitrogens is 1. The lowest BCUT2D eigenvalue weighted by molar-refractivity contribution is 0.418. The molecule has 0 aliphatic heterocycles. The highest BCUT2D eigenvalue weighted by Gasteiger charge is 2.01. The fraction of sp³-hybridized carbons (Fsp3) is 0.143. The van der Waals surface area contributed by atoms with E-state index in [1.54, 1.807) is 0 Å². The molecule has 1 rings (SSSR count). The predicted octanol–water partition coefficient (Wildman–Crippen LogP) is 0.992. The third kappa shape index (κ3) is 1.64. The molecule has 0 aromatic carbocycles. The minimum absolute atomic E-state index is 0.126. The molecule has 0 unspecified atom stereocenters. The van der Waals surface area contributed by atoms with Crippen LogP contribution in [0.1, 0.15) is 5.56 Å². The van der Waals surface area contributed by atoms with Gasteiger partial charge in [-0.1, -0.05) is 0 Å². The Morgan fingerprint density at radius 3 is 3.00 bits per heavy atom. The van der Waals surface area contributed by atoms with E-state index < -0.39 is 11.7 Å². The van der Waals surface area contributed by atoms with Crippen molar-refractivity contribution in [2.45, 2.75) is 6.42 Å². The highest BCUT2D eigenvalue weighted by atomic mass is 19.1. The van der Waals surface area contributed by atoms with Gasteiger partial charge in [0.05, 0.1) is 12.5 Å². The number of hydrogen-bond donors (Lipinski definition) is 1. The van der Waals surface area contributed by atoms with E-state index >= 15 is 0 Å².